The summed E-state index contributed by atoms with van der Waals surface area (Å²) in [5.41, 5.74) is 1.82. The van der Waals surface area contributed by atoms with Crippen molar-refractivity contribution in [3.63, 3.8) is 0 Å². The van der Waals surface area contributed by atoms with Crippen LogP contribution in [0.25, 0.3) is 0 Å². The topological polar surface area (TPSA) is 9.23 Å². The normalized spacial score (nSPS) is 8.83. The summed E-state index contributed by atoms with van der Waals surface area (Å²) in [6, 6.07) is 17.5. The SMILES string of the molecule is C#CCOc1ccccc1C#Cc1ccccc1. The molecule has 0 aliphatic carbocycles. The van der Waals surface area contributed by atoms with Gasteiger partial charge in [-0.3, -0.25) is 0 Å². The fourth-order valence-corrected chi connectivity index (χ4v) is 1.48. The summed E-state index contributed by atoms with van der Waals surface area (Å²) >= 11 is 0. The van der Waals surface area contributed by atoms with E-state index in [0.29, 0.717) is 0 Å². The van der Waals surface area contributed by atoms with Crippen LogP contribution < -0.4 is 4.74 Å². The van der Waals surface area contributed by atoms with Crippen LogP contribution in [0.1, 0.15) is 11.1 Å². The molecule has 0 fully saturated rings. The largest absolute Gasteiger partial charge is 0.480 e. The molecule has 0 N–H and O–H groups in total. The van der Waals surface area contributed by atoms with E-state index in [9.17, 15) is 0 Å². The van der Waals surface area contributed by atoms with Crippen molar-refractivity contribution in [3.05, 3.63) is 65.7 Å². The van der Waals surface area contributed by atoms with Crippen LogP contribution in [0, 0.1) is 24.2 Å². The van der Waals surface area contributed by atoms with Gasteiger partial charge in [-0.15, -0.1) is 6.42 Å². The van der Waals surface area contributed by atoms with E-state index in [2.05, 4.69) is 17.8 Å². The van der Waals surface area contributed by atoms with Crippen LogP contribution in [-0.2, 0) is 0 Å². The Morgan fingerprint density at radius 2 is 1.61 bits per heavy atom. The molecule has 2 rings (SSSR count). The van der Waals surface area contributed by atoms with Crippen molar-refractivity contribution < 1.29 is 4.74 Å². The van der Waals surface area contributed by atoms with Crippen LogP contribution >= 0.6 is 0 Å². The van der Waals surface area contributed by atoms with E-state index in [-0.39, 0.29) is 6.61 Å². The number of hydrogen-bond donors (Lipinski definition) is 0. The summed E-state index contributed by atoms with van der Waals surface area (Å²) in [6.45, 7) is 0.254. The molecule has 0 saturated carbocycles. The first-order valence-corrected chi connectivity index (χ1v) is 5.62. The summed E-state index contributed by atoms with van der Waals surface area (Å²) in [6.07, 6.45) is 5.18. The molecule has 0 radical (unpaired) electrons. The van der Waals surface area contributed by atoms with Gasteiger partial charge in [0.1, 0.15) is 12.4 Å². The van der Waals surface area contributed by atoms with Gasteiger partial charge in [0, 0.05) is 5.56 Å². The summed E-state index contributed by atoms with van der Waals surface area (Å²) in [7, 11) is 0. The highest BCUT2D eigenvalue weighted by Gasteiger charge is 1.98. The molecule has 18 heavy (non-hydrogen) atoms. The first kappa shape index (κ1) is 11.8. The smallest absolute Gasteiger partial charge is 0.148 e. The molecule has 0 saturated heterocycles. The zero-order valence-corrected chi connectivity index (χ0v) is 9.89. The Bertz CT molecular complexity index is 609. The van der Waals surface area contributed by atoms with Crippen molar-refractivity contribution in [2.24, 2.45) is 0 Å². The highest BCUT2D eigenvalue weighted by Crippen LogP contribution is 2.16. The Kier molecular flexibility index (Phi) is 4.07. The molecule has 1 heteroatoms. The molecule has 0 spiro atoms. The minimum absolute atomic E-state index is 0.254. The first-order chi connectivity index (χ1) is 8.90. The second-order valence-electron chi connectivity index (χ2n) is 3.60. The van der Waals surface area contributed by atoms with Crippen molar-refractivity contribution in [3.8, 4) is 29.9 Å². The van der Waals surface area contributed by atoms with Crippen molar-refractivity contribution in [1.82, 2.24) is 0 Å². The molecule has 0 aliphatic heterocycles. The lowest BCUT2D eigenvalue weighted by Gasteiger charge is -2.03. The van der Waals surface area contributed by atoms with Crippen LogP contribution in [0.4, 0.5) is 0 Å². The van der Waals surface area contributed by atoms with Crippen LogP contribution in [0.2, 0.25) is 0 Å². The maximum absolute atomic E-state index is 5.44. The molecule has 2 aromatic carbocycles. The van der Waals surface area contributed by atoms with Crippen LogP contribution in [0.15, 0.2) is 54.6 Å². The molecule has 0 atom stereocenters. The number of terminal acetylenes is 1. The third-order valence-corrected chi connectivity index (χ3v) is 2.31. The molecule has 0 bridgehead atoms. The summed E-state index contributed by atoms with van der Waals surface area (Å²) in [4.78, 5) is 0. The lowest BCUT2D eigenvalue weighted by Crippen LogP contribution is -1.95. The van der Waals surface area contributed by atoms with Gasteiger partial charge in [-0.1, -0.05) is 48.1 Å². The van der Waals surface area contributed by atoms with E-state index < -0.39 is 0 Å². The molecule has 0 heterocycles. The van der Waals surface area contributed by atoms with Crippen molar-refractivity contribution >= 4 is 0 Å². The van der Waals surface area contributed by atoms with Gasteiger partial charge in [0.05, 0.1) is 5.56 Å². The van der Waals surface area contributed by atoms with E-state index in [1.165, 1.54) is 0 Å². The maximum atomic E-state index is 5.44. The Labute approximate surface area is 107 Å². The Morgan fingerprint density at radius 1 is 0.889 bits per heavy atom. The Hall–Kier alpha value is -2.64. The quantitative estimate of drug-likeness (QED) is 0.723. The third-order valence-electron chi connectivity index (χ3n) is 2.31. The van der Waals surface area contributed by atoms with Gasteiger partial charge in [-0.2, -0.15) is 0 Å². The van der Waals surface area contributed by atoms with Gasteiger partial charge in [0.25, 0.3) is 0 Å². The fourth-order valence-electron chi connectivity index (χ4n) is 1.48. The Balaban J connectivity index is 2.25. The van der Waals surface area contributed by atoms with Crippen LogP contribution in [0.5, 0.6) is 5.75 Å². The number of para-hydroxylation sites is 1. The highest BCUT2D eigenvalue weighted by molar-refractivity contribution is 5.49. The average molecular weight is 232 g/mol. The average Bonchev–Trinajstić information content (AvgIpc) is 2.45. The maximum Gasteiger partial charge on any atom is 0.148 e. The molecule has 86 valence electrons. The zero-order chi connectivity index (χ0) is 12.6. The molecule has 0 unspecified atom stereocenters. The van der Waals surface area contributed by atoms with Gasteiger partial charge < -0.3 is 4.74 Å². The number of benzene rings is 2. The standard InChI is InChI=1S/C17H12O/c1-2-14-18-17-11-7-6-10-16(17)13-12-15-8-4-3-5-9-15/h1,3-11H,14H2. The molecule has 1 nitrogen and oxygen atoms in total. The highest BCUT2D eigenvalue weighted by atomic mass is 16.5. The minimum atomic E-state index is 0.254. The monoisotopic (exact) mass is 232 g/mol. The Morgan fingerprint density at radius 3 is 2.39 bits per heavy atom. The minimum Gasteiger partial charge on any atom is -0.480 e. The number of hydrogen-bond acceptors (Lipinski definition) is 1. The molecular formula is C17H12O. The predicted molar refractivity (Wildman–Crippen MR) is 73.2 cm³/mol. The predicted octanol–water partition coefficient (Wildman–Crippen LogP) is 3.10. The third kappa shape index (κ3) is 3.17. The molecule has 0 aromatic heterocycles. The second kappa shape index (κ2) is 6.18. The van der Waals surface area contributed by atoms with E-state index in [1.807, 2.05) is 54.6 Å². The van der Waals surface area contributed by atoms with E-state index in [4.69, 9.17) is 11.2 Å². The second-order valence-corrected chi connectivity index (χ2v) is 3.60. The van der Waals surface area contributed by atoms with Crippen molar-refractivity contribution in [2.45, 2.75) is 0 Å². The van der Waals surface area contributed by atoms with Gasteiger partial charge in [0.15, 0.2) is 0 Å². The van der Waals surface area contributed by atoms with Crippen LogP contribution in [0.3, 0.4) is 0 Å². The molecule has 2 aromatic rings. The first-order valence-electron chi connectivity index (χ1n) is 5.62. The molecular weight excluding hydrogens is 220 g/mol. The van der Waals surface area contributed by atoms with E-state index >= 15 is 0 Å². The van der Waals surface area contributed by atoms with Gasteiger partial charge in [0.2, 0.25) is 0 Å². The lowest BCUT2D eigenvalue weighted by molar-refractivity contribution is 0.369. The lowest BCUT2D eigenvalue weighted by atomic mass is 10.1. The number of ether oxygens (including phenoxy) is 1. The van der Waals surface area contributed by atoms with Crippen molar-refractivity contribution in [2.75, 3.05) is 6.61 Å². The number of rotatable bonds is 2. The summed E-state index contributed by atoms with van der Waals surface area (Å²) in [5, 5.41) is 0. The fraction of sp³-hybridized carbons (Fsp3) is 0.0588. The summed E-state index contributed by atoms with van der Waals surface area (Å²) < 4.78 is 5.44. The zero-order valence-electron chi connectivity index (χ0n) is 9.89. The van der Waals surface area contributed by atoms with Gasteiger partial charge >= 0.3 is 0 Å². The van der Waals surface area contributed by atoms with E-state index in [0.717, 1.165) is 16.9 Å². The van der Waals surface area contributed by atoms with Gasteiger partial charge in [-0.05, 0) is 24.3 Å². The van der Waals surface area contributed by atoms with Crippen molar-refractivity contribution in [1.29, 1.82) is 0 Å². The molecule has 0 aliphatic rings. The van der Waals surface area contributed by atoms with Gasteiger partial charge in [-0.25, -0.2) is 0 Å². The van der Waals surface area contributed by atoms with E-state index in [1.54, 1.807) is 0 Å². The summed E-state index contributed by atoms with van der Waals surface area (Å²) in [5.74, 6) is 9.36. The van der Waals surface area contributed by atoms with Crippen LogP contribution in [-0.4, -0.2) is 6.61 Å². The molecule has 0 amide bonds.